The smallest absolute Gasteiger partial charge is 0.327 e. The molecule has 198 valence electrons. The molecular formula is C26H27Br2F3N4O2. The first-order valence-corrected chi connectivity index (χ1v) is 13.1. The molecule has 1 amide bonds. The number of nitrogens with zero attached hydrogens (tertiary/aromatic N) is 4. The van der Waals surface area contributed by atoms with E-state index in [1.54, 1.807) is 55.5 Å². The molecule has 37 heavy (non-hydrogen) atoms. The number of hydrogen-bond donors (Lipinski definition) is 0. The Kier molecular flexibility index (Phi) is 9.71. The maximum Gasteiger partial charge on any atom is 0.434 e. The molecule has 0 aliphatic rings. The Morgan fingerprint density at radius 2 is 1.65 bits per heavy atom. The summed E-state index contributed by atoms with van der Waals surface area (Å²) in [7, 11) is 3.68. The average Bonchev–Trinajstić information content (AvgIpc) is 2.85. The first-order valence-electron chi connectivity index (χ1n) is 11.6. The summed E-state index contributed by atoms with van der Waals surface area (Å²) in [5, 5.41) is 0. The molecule has 1 heterocycles. The van der Waals surface area contributed by atoms with Crippen molar-refractivity contribution in [2.24, 2.45) is 0 Å². The largest absolute Gasteiger partial charge is 0.434 e. The predicted octanol–water partition coefficient (Wildman–Crippen LogP) is 5.99. The maximum absolute atomic E-state index is 13.9. The highest BCUT2D eigenvalue weighted by Crippen LogP contribution is 2.34. The van der Waals surface area contributed by atoms with Gasteiger partial charge in [0.2, 0.25) is 0 Å². The van der Waals surface area contributed by atoms with Crippen LogP contribution in [-0.4, -0.2) is 52.4 Å². The van der Waals surface area contributed by atoms with Crippen LogP contribution in [0.2, 0.25) is 0 Å². The van der Waals surface area contributed by atoms with Crippen molar-refractivity contribution in [2.45, 2.75) is 32.1 Å². The number of hydrogen-bond acceptors (Lipinski definition) is 4. The molecule has 2 aromatic carbocycles. The standard InChI is InChI=1S/C26H27Br2F3N4O2/c1-4-20(34(15-14-33(2)3)24(36)18-10-12-19(27)13-11-18)23-32-22(26(29,30)31)21(28)25(37)35(23)16-17-8-6-5-7-9-17/h5-13,20H,4,14-16H2,1-3H3. The number of benzene rings is 2. The fourth-order valence-electron chi connectivity index (χ4n) is 3.92. The van der Waals surface area contributed by atoms with Crippen molar-refractivity contribution in [3.8, 4) is 0 Å². The third-order valence-corrected chi connectivity index (χ3v) is 7.04. The Hall–Kier alpha value is -2.50. The molecule has 3 aromatic rings. The van der Waals surface area contributed by atoms with Gasteiger partial charge in [-0.05, 0) is 66.3 Å². The van der Waals surface area contributed by atoms with Crippen molar-refractivity contribution in [1.29, 1.82) is 0 Å². The zero-order chi connectivity index (χ0) is 27.3. The molecule has 11 heteroatoms. The molecule has 1 unspecified atom stereocenters. The van der Waals surface area contributed by atoms with E-state index in [1.807, 2.05) is 25.1 Å². The summed E-state index contributed by atoms with van der Waals surface area (Å²) in [5.41, 5.74) is -1.07. The highest BCUT2D eigenvalue weighted by atomic mass is 79.9. The van der Waals surface area contributed by atoms with Crippen LogP contribution in [0.5, 0.6) is 0 Å². The van der Waals surface area contributed by atoms with E-state index in [1.165, 1.54) is 9.47 Å². The van der Waals surface area contributed by atoms with Gasteiger partial charge in [0.1, 0.15) is 10.3 Å². The van der Waals surface area contributed by atoms with Crippen LogP contribution in [0, 0.1) is 0 Å². The van der Waals surface area contributed by atoms with Crippen molar-refractivity contribution >= 4 is 37.8 Å². The predicted molar refractivity (Wildman–Crippen MR) is 144 cm³/mol. The Balaban J connectivity index is 2.22. The third kappa shape index (κ3) is 7.08. The monoisotopic (exact) mass is 642 g/mol. The van der Waals surface area contributed by atoms with Gasteiger partial charge in [-0.1, -0.05) is 53.2 Å². The van der Waals surface area contributed by atoms with Crippen LogP contribution in [0.25, 0.3) is 0 Å². The van der Waals surface area contributed by atoms with Crippen LogP contribution in [-0.2, 0) is 12.7 Å². The molecule has 0 aliphatic heterocycles. The number of carbonyl (C=O) groups is 1. The highest BCUT2D eigenvalue weighted by Gasteiger charge is 2.39. The normalized spacial score (nSPS) is 12.6. The molecule has 0 bridgehead atoms. The lowest BCUT2D eigenvalue weighted by Gasteiger charge is -2.33. The zero-order valence-electron chi connectivity index (χ0n) is 20.6. The van der Waals surface area contributed by atoms with E-state index in [0.29, 0.717) is 17.7 Å². The van der Waals surface area contributed by atoms with Gasteiger partial charge >= 0.3 is 6.18 Å². The number of aromatic nitrogens is 2. The van der Waals surface area contributed by atoms with Crippen molar-refractivity contribution in [1.82, 2.24) is 19.4 Å². The van der Waals surface area contributed by atoms with E-state index in [9.17, 15) is 22.8 Å². The molecule has 0 spiro atoms. The molecule has 3 rings (SSSR count). The summed E-state index contributed by atoms with van der Waals surface area (Å²) >= 11 is 6.19. The molecule has 0 saturated carbocycles. The molecular weight excluding hydrogens is 617 g/mol. The Morgan fingerprint density at radius 3 is 2.19 bits per heavy atom. The van der Waals surface area contributed by atoms with Crippen molar-refractivity contribution < 1.29 is 18.0 Å². The summed E-state index contributed by atoms with van der Waals surface area (Å²) < 4.78 is 43.1. The SMILES string of the molecule is CCC(c1nc(C(F)(F)F)c(Br)c(=O)n1Cc1ccccc1)N(CCN(C)C)C(=O)c1ccc(Br)cc1. The third-order valence-electron chi connectivity index (χ3n) is 5.80. The average molecular weight is 644 g/mol. The van der Waals surface area contributed by atoms with Crippen molar-refractivity contribution in [2.75, 3.05) is 27.2 Å². The van der Waals surface area contributed by atoms with Crippen LogP contribution in [0.1, 0.15) is 46.8 Å². The lowest BCUT2D eigenvalue weighted by atomic mass is 10.1. The van der Waals surface area contributed by atoms with Crippen LogP contribution in [0.4, 0.5) is 13.2 Å². The van der Waals surface area contributed by atoms with Gasteiger partial charge in [-0.2, -0.15) is 13.2 Å². The Morgan fingerprint density at radius 1 is 1.03 bits per heavy atom. The van der Waals surface area contributed by atoms with E-state index in [4.69, 9.17) is 0 Å². The van der Waals surface area contributed by atoms with Crippen LogP contribution in [0.15, 0.2) is 68.3 Å². The number of halogens is 5. The Bertz CT molecular complexity index is 1280. The quantitative estimate of drug-likeness (QED) is 0.288. The van der Waals surface area contributed by atoms with Crippen LogP contribution in [0.3, 0.4) is 0 Å². The van der Waals surface area contributed by atoms with Crippen molar-refractivity contribution in [3.05, 3.63) is 96.5 Å². The number of amides is 1. The zero-order valence-corrected chi connectivity index (χ0v) is 23.8. The van der Waals surface area contributed by atoms with Gasteiger partial charge < -0.3 is 9.80 Å². The topological polar surface area (TPSA) is 58.4 Å². The van der Waals surface area contributed by atoms with Gasteiger partial charge in [0, 0.05) is 23.1 Å². The molecule has 1 aromatic heterocycles. The van der Waals surface area contributed by atoms with Gasteiger partial charge in [-0.3, -0.25) is 14.2 Å². The fourth-order valence-corrected chi connectivity index (χ4v) is 4.71. The summed E-state index contributed by atoms with van der Waals surface area (Å²) in [6.07, 6.45) is -4.61. The molecule has 6 nitrogen and oxygen atoms in total. The number of likely N-dealkylation sites (N-methyl/N-ethyl adjacent to an activating group) is 1. The summed E-state index contributed by atoms with van der Waals surface area (Å²) in [6, 6.07) is 14.8. The van der Waals surface area contributed by atoms with E-state index in [-0.39, 0.29) is 31.2 Å². The summed E-state index contributed by atoms with van der Waals surface area (Å²) in [6.45, 7) is 2.45. The minimum atomic E-state index is -4.86. The van der Waals surface area contributed by atoms with E-state index in [2.05, 4.69) is 36.8 Å². The lowest BCUT2D eigenvalue weighted by Crippen LogP contribution is -2.42. The summed E-state index contributed by atoms with van der Waals surface area (Å²) in [5.74, 6) is -0.478. The van der Waals surface area contributed by atoms with E-state index in [0.717, 1.165) is 4.47 Å². The summed E-state index contributed by atoms with van der Waals surface area (Å²) in [4.78, 5) is 34.4. The van der Waals surface area contributed by atoms with Gasteiger partial charge in [0.05, 0.1) is 12.6 Å². The minimum Gasteiger partial charge on any atom is -0.327 e. The van der Waals surface area contributed by atoms with Crippen LogP contribution < -0.4 is 5.56 Å². The second-order valence-corrected chi connectivity index (χ2v) is 10.4. The molecule has 0 N–H and O–H groups in total. The second-order valence-electron chi connectivity index (χ2n) is 8.74. The van der Waals surface area contributed by atoms with Crippen LogP contribution >= 0.6 is 31.9 Å². The maximum atomic E-state index is 13.9. The molecule has 1 atom stereocenters. The second kappa shape index (κ2) is 12.4. The van der Waals surface area contributed by atoms with Gasteiger partial charge in [-0.25, -0.2) is 4.98 Å². The first-order chi connectivity index (χ1) is 17.4. The molecule has 0 fully saturated rings. The molecule has 0 aliphatic carbocycles. The Labute approximate surface area is 230 Å². The fraction of sp³-hybridized carbons (Fsp3) is 0.346. The first kappa shape index (κ1) is 29.1. The number of rotatable bonds is 9. The lowest BCUT2D eigenvalue weighted by molar-refractivity contribution is -0.142. The van der Waals surface area contributed by atoms with Gasteiger partial charge in [0.15, 0.2) is 5.69 Å². The van der Waals surface area contributed by atoms with Crippen molar-refractivity contribution in [3.63, 3.8) is 0 Å². The van der Waals surface area contributed by atoms with E-state index >= 15 is 0 Å². The highest BCUT2D eigenvalue weighted by molar-refractivity contribution is 9.10. The number of carbonyl (C=O) groups excluding carboxylic acids is 1. The molecule has 0 radical (unpaired) electrons. The number of alkyl halides is 3. The minimum absolute atomic E-state index is 0.00321. The van der Waals surface area contributed by atoms with E-state index < -0.39 is 27.9 Å². The molecule has 0 saturated heterocycles. The van der Waals surface area contributed by atoms with Gasteiger partial charge in [0.25, 0.3) is 11.5 Å². The van der Waals surface area contributed by atoms with Gasteiger partial charge in [-0.15, -0.1) is 0 Å².